The number of carboxylic acids is 1. The molecule has 1 amide bonds. The molecule has 7 heteroatoms. The van der Waals surface area contributed by atoms with Crippen molar-refractivity contribution in [1.29, 1.82) is 0 Å². The quantitative estimate of drug-likeness (QED) is 0.371. The summed E-state index contributed by atoms with van der Waals surface area (Å²) in [6, 6.07) is 14.5. The number of amides is 1. The van der Waals surface area contributed by atoms with Gasteiger partial charge in [0.2, 0.25) is 0 Å². The molecule has 0 unspecified atom stereocenters. The first kappa shape index (κ1) is 23.0. The fourth-order valence-corrected chi connectivity index (χ4v) is 2.83. The van der Waals surface area contributed by atoms with Gasteiger partial charge in [0.05, 0.1) is 6.61 Å². The van der Waals surface area contributed by atoms with Gasteiger partial charge in [-0.15, -0.1) is 0 Å². The number of carbonyl (C=O) groups is 2. The first-order chi connectivity index (χ1) is 14.5. The smallest absolute Gasteiger partial charge is 0.412 e. The third-order valence-corrected chi connectivity index (χ3v) is 4.26. The molecule has 2 aromatic rings. The molecule has 0 saturated carbocycles. The number of carboxylic acid groups (broad SMARTS) is 1. The molecule has 0 aliphatic rings. The molecule has 0 spiro atoms. The number of aryl methyl sites for hydroxylation is 1. The first-order valence-corrected chi connectivity index (χ1v) is 9.76. The SMILES string of the molecule is Cc1ccc(NC(=O)O[C@H](CCC/C=C/C(=O)O)c2ccccc2OCCO)cc1. The van der Waals surface area contributed by atoms with E-state index in [4.69, 9.17) is 19.7 Å². The van der Waals surface area contributed by atoms with Gasteiger partial charge in [-0.2, -0.15) is 0 Å². The van der Waals surface area contributed by atoms with Crippen LogP contribution in [0, 0.1) is 6.92 Å². The second kappa shape index (κ2) is 12.3. The molecule has 0 aromatic heterocycles. The van der Waals surface area contributed by atoms with Crippen LogP contribution in [0.2, 0.25) is 0 Å². The number of nitrogens with one attached hydrogen (secondary N) is 1. The van der Waals surface area contributed by atoms with E-state index in [0.29, 0.717) is 36.3 Å². The number of rotatable bonds is 11. The lowest BCUT2D eigenvalue weighted by molar-refractivity contribution is -0.131. The van der Waals surface area contributed by atoms with Gasteiger partial charge >= 0.3 is 12.1 Å². The number of allylic oxidation sites excluding steroid dienone is 1. The van der Waals surface area contributed by atoms with Crippen LogP contribution in [0.1, 0.15) is 36.5 Å². The van der Waals surface area contributed by atoms with Crippen LogP contribution in [0.4, 0.5) is 10.5 Å². The number of hydrogen-bond acceptors (Lipinski definition) is 5. The van der Waals surface area contributed by atoms with Gasteiger partial charge in [0.25, 0.3) is 0 Å². The number of carbonyl (C=O) groups excluding carboxylic acids is 1. The lowest BCUT2D eigenvalue weighted by atomic mass is 10.0. The minimum absolute atomic E-state index is 0.126. The van der Waals surface area contributed by atoms with Gasteiger partial charge in [0, 0.05) is 17.3 Å². The third kappa shape index (κ3) is 7.97. The molecule has 0 radical (unpaired) electrons. The van der Waals surface area contributed by atoms with Gasteiger partial charge < -0.3 is 19.7 Å². The Hall–Kier alpha value is -3.32. The fraction of sp³-hybridized carbons (Fsp3) is 0.304. The number of para-hydroxylation sites is 1. The summed E-state index contributed by atoms with van der Waals surface area (Å²) in [6.45, 7) is 1.95. The minimum Gasteiger partial charge on any atom is -0.491 e. The summed E-state index contributed by atoms with van der Waals surface area (Å²) in [6.07, 6.45) is 3.10. The molecule has 0 aliphatic carbocycles. The molecule has 7 nitrogen and oxygen atoms in total. The number of aliphatic hydroxyl groups excluding tert-OH is 1. The van der Waals surface area contributed by atoms with E-state index < -0.39 is 18.2 Å². The minimum atomic E-state index is -0.997. The second-order valence-corrected chi connectivity index (χ2v) is 6.67. The van der Waals surface area contributed by atoms with Crippen molar-refractivity contribution in [3.05, 3.63) is 71.8 Å². The van der Waals surface area contributed by atoms with Gasteiger partial charge in [-0.1, -0.05) is 42.0 Å². The number of hydrogen-bond donors (Lipinski definition) is 3. The van der Waals surface area contributed by atoms with Crippen molar-refractivity contribution >= 4 is 17.7 Å². The van der Waals surface area contributed by atoms with Gasteiger partial charge in [-0.3, -0.25) is 5.32 Å². The monoisotopic (exact) mass is 413 g/mol. The zero-order valence-electron chi connectivity index (χ0n) is 16.9. The first-order valence-electron chi connectivity index (χ1n) is 9.76. The summed E-state index contributed by atoms with van der Waals surface area (Å²) < 4.78 is 11.3. The Morgan fingerprint density at radius 2 is 1.87 bits per heavy atom. The van der Waals surface area contributed by atoms with Gasteiger partial charge in [-0.05, 0) is 44.4 Å². The Labute approximate surface area is 176 Å². The van der Waals surface area contributed by atoms with Crippen LogP contribution in [0.15, 0.2) is 60.7 Å². The highest BCUT2D eigenvalue weighted by Crippen LogP contribution is 2.32. The predicted octanol–water partition coefficient (Wildman–Crippen LogP) is 4.47. The Kier molecular flexibility index (Phi) is 9.40. The number of aliphatic carboxylic acids is 1. The van der Waals surface area contributed by atoms with E-state index in [1.54, 1.807) is 30.3 Å². The van der Waals surface area contributed by atoms with Crippen LogP contribution in [-0.4, -0.2) is 35.5 Å². The Morgan fingerprint density at radius 1 is 1.13 bits per heavy atom. The number of benzene rings is 2. The number of ether oxygens (including phenoxy) is 2. The van der Waals surface area contributed by atoms with E-state index in [1.165, 1.54) is 0 Å². The van der Waals surface area contributed by atoms with Crippen LogP contribution < -0.4 is 10.1 Å². The van der Waals surface area contributed by atoms with Crippen LogP contribution in [0.3, 0.4) is 0 Å². The molecular weight excluding hydrogens is 386 g/mol. The summed E-state index contributed by atoms with van der Waals surface area (Å²) >= 11 is 0. The molecule has 30 heavy (non-hydrogen) atoms. The van der Waals surface area contributed by atoms with Gasteiger partial charge in [-0.25, -0.2) is 9.59 Å². The largest absolute Gasteiger partial charge is 0.491 e. The van der Waals surface area contributed by atoms with E-state index >= 15 is 0 Å². The van der Waals surface area contributed by atoms with Crippen molar-refractivity contribution < 1.29 is 29.3 Å². The number of aliphatic hydroxyl groups is 1. The molecule has 0 saturated heterocycles. The predicted molar refractivity (Wildman–Crippen MR) is 114 cm³/mol. The van der Waals surface area contributed by atoms with Crippen LogP contribution in [0.25, 0.3) is 0 Å². The summed E-state index contributed by atoms with van der Waals surface area (Å²) in [4.78, 5) is 23.1. The molecule has 2 aromatic carbocycles. The maximum Gasteiger partial charge on any atom is 0.412 e. The highest BCUT2D eigenvalue weighted by molar-refractivity contribution is 5.84. The van der Waals surface area contributed by atoms with E-state index in [2.05, 4.69) is 5.32 Å². The molecule has 2 rings (SSSR count). The van der Waals surface area contributed by atoms with Crippen molar-refractivity contribution in [2.45, 2.75) is 32.3 Å². The van der Waals surface area contributed by atoms with E-state index in [1.807, 2.05) is 31.2 Å². The second-order valence-electron chi connectivity index (χ2n) is 6.67. The van der Waals surface area contributed by atoms with Crippen LogP contribution in [-0.2, 0) is 9.53 Å². The van der Waals surface area contributed by atoms with Crippen molar-refractivity contribution in [3.63, 3.8) is 0 Å². The van der Waals surface area contributed by atoms with Crippen molar-refractivity contribution in [2.75, 3.05) is 18.5 Å². The molecule has 1 atom stereocenters. The maximum atomic E-state index is 12.5. The normalized spacial score (nSPS) is 11.8. The summed E-state index contributed by atoms with van der Waals surface area (Å²) in [7, 11) is 0. The van der Waals surface area contributed by atoms with E-state index in [0.717, 1.165) is 11.6 Å². The zero-order valence-corrected chi connectivity index (χ0v) is 16.9. The molecular formula is C23H27NO6. The molecule has 0 heterocycles. The van der Waals surface area contributed by atoms with E-state index in [9.17, 15) is 9.59 Å². The number of anilines is 1. The summed E-state index contributed by atoms with van der Waals surface area (Å²) in [5.41, 5.74) is 2.39. The molecule has 0 fully saturated rings. The molecule has 160 valence electrons. The highest BCUT2D eigenvalue weighted by atomic mass is 16.6. The standard InChI is InChI=1S/C23H27NO6/c1-17-11-13-18(14-12-17)24-23(28)30-21(9-3-2-4-10-22(26)27)19-7-5-6-8-20(19)29-16-15-25/h4-8,10-14,21,25H,2-3,9,15-16H2,1H3,(H,24,28)(H,26,27)/b10-4+/t21-/m1/s1. The van der Waals surface area contributed by atoms with Crippen LogP contribution in [0.5, 0.6) is 5.75 Å². The van der Waals surface area contributed by atoms with E-state index in [-0.39, 0.29) is 13.2 Å². The number of unbranched alkanes of at least 4 members (excludes halogenated alkanes) is 1. The molecule has 0 bridgehead atoms. The summed E-state index contributed by atoms with van der Waals surface area (Å²) in [5.74, 6) is -0.469. The molecule has 3 N–H and O–H groups in total. The Bertz CT molecular complexity index is 847. The average Bonchev–Trinajstić information content (AvgIpc) is 2.73. The van der Waals surface area contributed by atoms with Crippen molar-refractivity contribution in [3.8, 4) is 5.75 Å². The maximum absolute atomic E-state index is 12.5. The Morgan fingerprint density at radius 3 is 2.57 bits per heavy atom. The Balaban J connectivity index is 2.11. The van der Waals surface area contributed by atoms with Gasteiger partial charge in [0.1, 0.15) is 18.5 Å². The third-order valence-electron chi connectivity index (χ3n) is 4.26. The van der Waals surface area contributed by atoms with Gasteiger partial charge in [0.15, 0.2) is 0 Å². The van der Waals surface area contributed by atoms with Crippen molar-refractivity contribution in [2.24, 2.45) is 0 Å². The fourth-order valence-electron chi connectivity index (χ4n) is 2.83. The van der Waals surface area contributed by atoms with Crippen molar-refractivity contribution in [1.82, 2.24) is 0 Å². The highest BCUT2D eigenvalue weighted by Gasteiger charge is 2.20. The summed E-state index contributed by atoms with van der Waals surface area (Å²) in [5, 5.41) is 20.5. The topological polar surface area (TPSA) is 105 Å². The lowest BCUT2D eigenvalue weighted by Crippen LogP contribution is -2.18. The average molecular weight is 413 g/mol. The lowest BCUT2D eigenvalue weighted by Gasteiger charge is -2.21. The zero-order chi connectivity index (χ0) is 21.8. The van der Waals surface area contributed by atoms with Crippen LogP contribution >= 0.6 is 0 Å². The molecule has 0 aliphatic heterocycles.